The molecule has 3 aromatic rings. The van der Waals surface area contributed by atoms with Crippen LogP contribution in [0.1, 0.15) is 50.4 Å². The molecule has 2 aromatic carbocycles. The molecular weight excluding hydrogens is 360 g/mol. The summed E-state index contributed by atoms with van der Waals surface area (Å²) in [6.07, 6.45) is 1.72. The molecule has 0 amide bonds. The van der Waals surface area contributed by atoms with E-state index in [1.807, 2.05) is 52.0 Å². The summed E-state index contributed by atoms with van der Waals surface area (Å²) in [7, 11) is 0. The van der Waals surface area contributed by atoms with E-state index in [0.29, 0.717) is 5.52 Å². The molecular formula is C25H34N2O2. The molecule has 4 rings (SSSR count). The zero-order valence-electron chi connectivity index (χ0n) is 18.4. The number of aryl methyl sites for hydroxylation is 1. The van der Waals surface area contributed by atoms with Crippen molar-refractivity contribution in [1.82, 2.24) is 9.88 Å². The molecule has 29 heavy (non-hydrogen) atoms. The third-order valence-corrected chi connectivity index (χ3v) is 4.88. The van der Waals surface area contributed by atoms with Gasteiger partial charge in [0.2, 0.25) is 0 Å². The van der Waals surface area contributed by atoms with Crippen LogP contribution in [0.25, 0.3) is 10.9 Å². The maximum atomic E-state index is 10.9. The van der Waals surface area contributed by atoms with E-state index in [1.165, 1.54) is 11.1 Å². The summed E-state index contributed by atoms with van der Waals surface area (Å²) < 4.78 is 5.52. The smallest absolute Gasteiger partial charge is 0.146 e. The number of aromatic nitrogens is 1. The molecule has 0 saturated carbocycles. The standard InChI is InChI=1S/C21H22N2O2.2C2H6/c1-15-4-6-17(7-5-15)20(23-11-13-25-14-12-23)18-9-8-16-3-2-10-22-19(16)21(18)24;2*1-2/h2-10,20,24H,11-14H2,1H3;2*1-2H3. The molecule has 0 spiro atoms. The molecule has 1 aromatic heterocycles. The Labute approximate surface area is 175 Å². The number of benzene rings is 2. The molecule has 0 radical (unpaired) electrons. The molecule has 4 nitrogen and oxygen atoms in total. The van der Waals surface area contributed by atoms with Crippen LogP contribution in [0, 0.1) is 6.92 Å². The maximum Gasteiger partial charge on any atom is 0.146 e. The van der Waals surface area contributed by atoms with Gasteiger partial charge in [-0.05, 0) is 18.6 Å². The fraction of sp³-hybridized carbons (Fsp3) is 0.400. The minimum Gasteiger partial charge on any atom is -0.505 e. The number of fused-ring (bicyclic) bond motifs is 1. The van der Waals surface area contributed by atoms with Crippen molar-refractivity contribution in [2.45, 2.75) is 40.7 Å². The third-order valence-electron chi connectivity index (χ3n) is 4.88. The van der Waals surface area contributed by atoms with Crippen molar-refractivity contribution in [3.05, 3.63) is 71.4 Å². The summed E-state index contributed by atoms with van der Waals surface area (Å²) >= 11 is 0. The van der Waals surface area contributed by atoms with Crippen LogP contribution in [-0.2, 0) is 4.74 Å². The van der Waals surface area contributed by atoms with Crippen molar-refractivity contribution in [1.29, 1.82) is 0 Å². The van der Waals surface area contributed by atoms with Crippen molar-refractivity contribution in [2.75, 3.05) is 26.3 Å². The summed E-state index contributed by atoms with van der Waals surface area (Å²) in [6.45, 7) is 13.2. The summed E-state index contributed by atoms with van der Waals surface area (Å²) in [5, 5.41) is 11.9. The molecule has 0 bridgehead atoms. The highest BCUT2D eigenvalue weighted by molar-refractivity contribution is 5.85. The number of morpholine rings is 1. The second kappa shape index (κ2) is 11.5. The topological polar surface area (TPSA) is 45.6 Å². The predicted octanol–water partition coefficient (Wildman–Crippen LogP) is 5.72. The molecule has 0 aliphatic carbocycles. The number of phenolic OH excluding ortho intramolecular Hbond substituents is 1. The van der Waals surface area contributed by atoms with Crippen LogP contribution in [0.4, 0.5) is 0 Å². The monoisotopic (exact) mass is 394 g/mol. The van der Waals surface area contributed by atoms with E-state index in [2.05, 4.69) is 41.1 Å². The Morgan fingerprint density at radius 2 is 1.59 bits per heavy atom. The maximum absolute atomic E-state index is 10.9. The van der Waals surface area contributed by atoms with Crippen molar-refractivity contribution < 1.29 is 9.84 Å². The van der Waals surface area contributed by atoms with Gasteiger partial charge in [0, 0.05) is 30.2 Å². The molecule has 2 heterocycles. The Hall–Kier alpha value is -2.43. The van der Waals surface area contributed by atoms with E-state index in [-0.39, 0.29) is 11.8 Å². The molecule has 1 fully saturated rings. The number of nitrogens with zero attached hydrogens (tertiary/aromatic N) is 2. The van der Waals surface area contributed by atoms with E-state index in [9.17, 15) is 5.11 Å². The molecule has 1 aliphatic heterocycles. The fourth-order valence-electron chi connectivity index (χ4n) is 3.54. The first-order chi connectivity index (χ1) is 14.2. The molecule has 1 saturated heterocycles. The first-order valence-corrected chi connectivity index (χ1v) is 10.7. The van der Waals surface area contributed by atoms with E-state index in [1.54, 1.807) is 6.20 Å². The van der Waals surface area contributed by atoms with E-state index in [4.69, 9.17) is 4.74 Å². The highest BCUT2D eigenvalue weighted by Crippen LogP contribution is 2.38. The molecule has 156 valence electrons. The van der Waals surface area contributed by atoms with Crippen molar-refractivity contribution in [3.63, 3.8) is 0 Å². The Morgan fingerprint density at radius 1 is 0.931 bits per heavy atom. The summed E-state index contributed by atoms with van der Waals surface area (Å²) in [6, 6.07) is 16.5. The van der Waals surface area contributed by atoms with Crippen LogP contribution in [0.2, 0.25) is 0 Å². The van der Waals surface area contributed by atoms with Crippen LogP contribution in [0.15, 0.2) is 54.7 Å². The van der Waals surface area contributed by atoms with E-state index in [0.717, 1.165) is 37.3 Å². The van der Waals surface area contributed by atoms with Crippen LogP contribution in [0.5, 0.6) is 5.75 Å². The van der Waals surface area contributed by atoms with Crippen LogP contribution in [-0.4, -0.2) is 41.3 Å². The minimum absolute atomic E-state index is 0.00379. The van der Waals surface area contributed by atoms with Gasteiger partial charge in [0.15, 0.2) is 0 Å². The van der Waals surface area contributed by atoms with Gasteiger partial charge in [0.25, 0.3) is 0 Å². The largest absolute Gasteiger partial charge is 0.505 e. The quantitative estimate of drug-likeness (QED) is 0.617. The Bertz CT molecular complexity index is 872. The van der Waals surface area contributed by atoms with Gasteiger partial charge in [-0.15, -0.1) is 0 Å². The summed E-state index contributed by atoms with van der Waals surface area (Å²) in [5.41, 5.74) is 3.97. The highest BCUT2D eigenvalue weighted by atomic mass is 16.5. The Balaban J connectivity index is 0.000000707. The number of hydrogen-bond acceptors (Lipinski definition) is 4. The molecule has 1 unspecified atom stereocenters. The number of aromatic hydroxyl groups is 1. The molecule has 1 N–H and O–H groups in total. The van der Waals surface area contributed by atoms with Crippen molar-refractivity contribution in [2.24, 2.45) is 0 Å². The van der Waals surface area contributed by atoms with Crippen LogP contribution < -0.4 is 0 Å². The van der Waals surface area contributed by atoms with Gasteiger partial charge in [0.1, 0.15) is 11.3 Å². The van der Waals surface area contributed by atoms with E-state index >= 15 is 0 Å². The first-order valence-electron chi connectivity index (χ1n) is 10.7. The SMILES string of the molecule is CC.CC.Cc1ccc(C(c2ccc3cccnc3c2O)N2CCOCC2)cc1. The first kappa shape index (κ1) is 22.9. The van der Waals surface area contributed by atoms with Gasteiger partial charge in [-0.1, -0.05) is 75.7 Å². The van der Waals surface area contributed by atoms with Crippen molar-refractivity contribution in [3.8, 4) is 5.75 Å². The van der Waals surface area contributed by atoms with Gasteiger partial charge in [-0.2, -0.15) is 0 Å². The zero-order chi connectivity index (χ0) is 21.2. The summed E-state index contributed by atoms with van der Waals surface area (Å²) in [4.78, 5) is 6.76. The predicted molar refractivity (Wildman–Crippen MR) is 122 cm³/mol. The second-order valence-corrected chi connectivity index (χ2v) is 6.54. The van der Waals surface area contributed by atoms with Crippen molar-refractivity contribution >= 4 is 10.9 Å². The van der Waals surface area contributed by atoms with Gasteiger partial charge in [-0.25, -0.2) is 0 Å². The fourth-order valence-corrected chi connectivity index (χ4v) is 3.54. The molecule has 4 heteroatoms. The normalized spacial score (nSPS) is 14.9. The highest BCUT2D eigenvalue weighted by Gasteiger charge is 2.27. The summed E-state index contributed by atoms with van der Waals surface area (Å²) in [5.74, 6) is 0.273. The lowest BCUT2D eigenvalue weighted by atomic mass is 9.94. The van der Waals surface area contributed by atoms with Crippen LogP contribution >= 0.6 is 0 Å². The zero-order valence-corrected chi connectivity index (χ0v) is 18.4. The minimum atomic E-state index is -0.00379. The second-order valence-electron chi connectivity index (χ2n) is 6.54. The lowest BCUT2D eigenvalue weighted by Gasteiger charge is -2.35. The van der Waals surface area contributed by atoms with Gasteiger partial charge in [0.05, 0.1) is 19.3 Å². The lowest BCUT2D eigenvalue weighted by Crippen LogP contribution is -2.39. The lowest BCUT2D eigenvalue weighted by molar-refractivity contribution is 0.0236. The number of phenols is 1. The van der Waals surface area contributed by atoms with E-state index < -0.39 is 0 Å². The van der Waals surface area contributed by atoms with Gasteiger partial charge < -0.3 is 9.84 Å². The number of ether oxygens (including phenoxy) is 1. The van der Waals surface area contributed by atoms with Gasteiger partial charge in [-0.3, -0.25) is 9.88 Å². The average Bonchev–Trinajstić information content (AvgIpc) is 2.80. The molecule has 1 atom stereocenters. The third kappa shape index (κ3) is 5.34. The average molecular weight is 395 g/mol. The number of rotatable bonds is 3. The number of hydrogen-bond donors (Lipinski definition) is 1. The number of pyridine rings is 1. The Morgan fingerprint density at radius 3 is 2.24 bits per heavy atom. The Kier molecular flexibility index (Phi) is 9.10. The molecule has 1 aliphatic rings. The van der Waals surface area contributed by atoms with Crippen LogP contribution in [0.3, 0.4) is 0 Å². The van der Waals surface area contributed by atoms with Gasteiger partial charge >= 0.3 is 0 Å².